The van der Waals surface area contributed by atoms with E-state index in [1.807, 2.05) is 30.3 Å². The van der Waals surface area contributed by atoms with E-state index in [0.29, 0.717) is 41.8 Å². The smallest absolute Gasteiger partial charge is 0.316 e. The van der Waals surface area contributed by atoms with Crippen LogP contribution >= 0.6 is 23.1 Å². The molecule has 12 heteroatoms. The molecule has 1 fully saturated rings. The number of methoxy groups -OCH3 is 1. The molecule has 2 heterocycles. The number of rotatable bonds is 10. The molecule has 0 unspecified atom stereocenters. The predicted octanol–water partition coefficient (Wildman–Crippen LogP) is 2.42. The molecule has 9 nitrogen and oxygen atoms in total. The summed E-state index contributed by atoms with van der Waals surface area (Å²) in [7, 11) is -2.02. The van der Waals surface area contributed by atoms with E-state index in [9.17, 15) is 18.0 Å². The molecule has 1 N–H and O–H groups in total. The molecule has 0 bridgehead atoms. The van der Waals surface area contributed by atoms with Gasteiger partial charge in [-0.1, -0.05) is 53.4 Å². The topological polar surface area (TPSA) is 119 Å². The van der Waals surface area contributed by atoms with E-state index >= 15 is 0 Å². The van der Waals surface area contributed by atoms with Gasteiger partial charge in [0.15, 0.2) is 4.34 Å². The van der Waals surface area contributed by atoms with Crippen LogP contribution in [0.25, 0.3) is 0 Å². The number of anilines is 1. The molecular formula is C20H26N4O5S3. The monoisotopic (exact) mass is 498 g/mol. The van der Waals surface area contributed by atoms with Crippen LogP contribution in [0.5, 0.6) is 0 Å². The lowest BCUT2D eigenvalue weighted by molar-refractivity contribution is -0.137. The van der Waals surface area contributed by atoms with Gasteiger partial charge in [0.05, 0.1) is 18.6 Å². The number of esters is 1. The lowest BCUT2D eigenvalue weighted by atomic mass is 9.97. The summed E-state index contributed by atoms with van der Waals surface area (Å²) in [4.78, 5) is 23.7. The number of aryl methyl sites for hydroxylation is 1. The number of ether oxygens (including phenoxy) is 1. The van der Waals surface area contributed by atoms with Crippen LogP contribution in [0.1, 0.15) is 24.8 Å². The molecule has 2 aromatic rings. The molecule has 1 aromatic carbocycles. The molecule has 174 valence electrons. The second-order valence-electron chi connectivity index (χ2n) is 7.31. The molecule has 3 rings (SSSR count). The number of aromatic nitrogens is 2. The molecule has 0 spiro atoms. The summed E-state index contributed by atoms with van der Waals surface area (Å²) in [5, 5.41) is 11.0. The van der Waals surface area contributed by atoms with E-state index in [1.54, 1.807) is 0 Å². The molecule has 0 atom stereocenters. The van der Waals surface area contributed by atoms with Crippen molar-refractivity contribution >= 4 is 50.1 Å². The molecule has 1 aliphatic rings. The number of nitrogens with zero attached hydrogens (tertiary/aromatic N) is 3. The number of piperidine rings is 1. The van der Waals surface area contributed by atoms with Gasteiger partial charge in [-0.05, 0) is 31.2 Å². The first kappa shape index (κ1) is 24.6. The summed E-state index contributed by atoms with van der Waals surface area (Å²) in [6.07, 6.45) is 2.22. The Kier molecular flexibility index (Phi) is 9.02. The zero-order valence-corrected chi connectivity index (χ0v) is 20.2. The summed E-state index contributed by atoms with van der Waals surface area (Å²) in [6.45, 7) is 0.671. The zero-order chi connectivity index (χ0) is 23.0. The third kappa shape index (κ3) is 7.26. The maximum atomic E-state index is 12.7. The molecule has 0 saturated carbocycles. The number of benzene rings is 1. The largest absolute Gasteiger partial charge is 0.468 e. The van der Waals surface area contributed by atoms with Gasteiger partial charge in [-0.2, -0.15) is 0 Å². The van der Waals surface area contributed by atoms with Gasteiger partial charge in [0.25, 0.3) is 0 Å². The van der Waals surface area contributed by atoms with Crippen molar-refractivity contribution in [3.05, 3.63) is 35.9 Å². The Bertz CT molecular complexity index is 1010. The normalized spacial score (nSPS) is 15.4. The second-order valence-corrected chi connectivity index (χ2v) is 11.6. The number of sulfonamides is 1. The van der Waals surface area contributed by atoms with Crippen LogP contribution in [-0.2, 0) is 30.8 Å². The molecule has 0 aliphatic carbocycles. The SMILES string of the molecule is COC(=O)CSc1nnc(NC(=O)C2CCN(S(=O)(=O)CCCc3ccccc3)CC2)s1. The van der Waals surface area contributed by atoms with Crippen LogP contribution in [0.15, 0.2) is 34.7 Å². The van der Waals surface area contributed by atoms with E-state index in [1.165, 1.54) is 34.5 Å². The maximum Gasteiger partial charge on any atom is 0.316 e. The average Bonchev–Trinajstić information content (AvgIpc) is 3.25. The van der Waals surface area contributed by atoms with Gasteiger partial charge < -0.3 is 10.1 Å². The fourth-order valence-corrected chi connectivity index (χ4v) is 6.46. The molecule has 0 radical (unpaired) electrons. The maximum absolute atomic E-state index is 12.7. The summed E-state index contributed by atoms with van der Waals surface area (Å²) in [6, 6.07) is 9.83. The number of amides is 1. The minimum absolute atomic E-state index is 0.107. The second kappa shape index (κ2) is 11.7. The summed E-state index contributed by atoms with van der Waals surface area (Å²) in [5.74, 6) is -0.599. The van der Waals surface area contributed by atoms with Gasteiger partial charge in [-0.15, -0.1) is 10.2 Å². The van der Waals surface area contributed by atoms with E-state index in [4.69, 9.17) is 0 Å². The fourth-order valence-electron chi connectivity index (χ4n) is 3.33. The van der Waals surface area contributed by atoms with Gasteiger partial charge in [0, 0.05) is 19.0 Å². The molecule has 1 aliphatic heterocycles. The third-order valence-electron chi connectivity index (χ3n) is 5.11. The predicted molar refractivity (Wildman–Crippen MR) is 124 cm³/mol. The van der Waals surface area contributed by atoms with Crippen molar-refractivity contribution in [1.29, 1.82) is 0 Å². The third-order valence-corrected chi connectivity index (χ3v) is 9.01. The Hall–Kier alpha value is -2.02. The minimum Gasteiger partial charge on any atom is -0.468 e. The Morgan fingerprint density at radius 3 is 2.62 bits per heavy atom. The minimum atomic E-state index is -3.33. The number of hydrogen-bond acceptors (Lipinski definition) is 9. The van der Waals surface area contributed by atoms with Crippen molar-refractivity contribution in [3.63, 3.8) is 0 Å². The van der Waals surface area contributed by atoms with E-state index < -0.39 is 10.0 Å². The molecule has 1 aromatic heterocycles. The first-order valence-corrected chi connectivity index (χ1v) is 13.6. The van der Waals surface area contributed by atoms with Crippen LogP contribution < -0.4 is 5.32 Å². The highest BCUT2D eigenvalue weighted by molar-refractivity contribution is 8.01. The quantitative estimate of drug-likeness (QED) is 0.301. The van der Waals surface area contributed by atoms with Crippen molar-refractivity contribution in [3.8, 4) is 0 Å². The summed E-state index contributed by atoms with van der Waals surface area (Å²) < 4.78 is 31.9. The van der Waals surface area contributed by atoms with Gasteiger partial charge in [-0.3, -0.25) is 9.59 Å². The van der Waals surface area contributed by atoms with Crippen LogP contribution in [0.4, 0.5) is 5.13 Å². The Labute approximate surface area is 196 Å². The summed E-state index contributed by atoms with van der Waals surface area (Å²) >= 11 is 2.37. The van der Waals surface area contributed by atoms with Crippen LogP contribution in [0.2, 0.25) is 0 Å². The molecule has 32 heavy (non-hydrogen) atoms. The Balaban J connectivity index is 1.42. The van der Waals surface area contributed by atoms with Crippen molar-refractivity contribution in [2.75, 3.05) is 37.0 Å². The fraction of sp³-hybridized carbons (Fsp3) is 0.500. The lowest BCUT2D eigenvalue weighted by Crippen LogP contribution is -2.42. The van der Waals surface area contributed by atoms with E-state index in [2.05, 4.69) is 20.3 Å². The molecule has 1 amide bonds. The Morgan fingerprint density at radius 2 is 1.94 bits per heavy atom. The van der Waals surface area contributed by atoms with Crippen molar-refractivity contribution < 1.29 is 22.7 Å². The molecule has 1 saturated heterocycles. The summed E-state index contributed by atoms with van der Waals surface area (Å²) in [5.41, 5.74) is 1.13. The standard InChI is InChI=1S/C20H26N4O5S3/c1-29-17(25)14-30-20-23-22-19(31-20)21-18(26)16-9-11-24(12-10-16)32(27,28)13-5-8-15-6-3-2-4-7-15/h2-4,6-7,16H,5,8-14H2,1H3,(H,21,22,26). The highest BCUT2D eigenvalue weighted by atomic mass is 32.2. The van der Waals surface area contributed by atoms with Gasteiger partial charge in [0.1, 0.15) is 0 Å². The van der Waals surface area contributed by atoms with E-state index in [-0.39, 0.29) is 29.3 Å². The first-order chi connectivity index (χ1) is 15.4. The number of carbonyl (C=O) groups is 2. The van der Waals surface area contributed by atoms with Crippen molar-refractivity contribution in [2.45, 2.75) is 30.0 Å². The van der Waals surface area contributed by atoms with Crippen LogP contribution in [-0.4, -0.2) is 66.5 Å². The zero-order valence-electron chi connectivity index (χ0n) is 17.7. The van der Waals surface area contributed by atoms with Crippen molar-refractivity contribution in [2.24, 2.45) is 5.92 Å². The first-order valence-electron chi connectivity index (χ1n) is 10.2. The highest BCUT2D eigenvalue weighted by Gasteiger charge is 2.31. The van der Waals surface area contributed by atoms with Crippen LogP contribution in [0, 0.1) is 5.92 Å². The number of nitrogens with one attached hydrogen (secondary N) is 1. The van der Waals surface area contributed by atoms with E-state index in [0.717, 1.165) is 12.0 Å². The average molecular weight is 499 g/mol. The number of thioether (sulfide) groups is 1. The van der Waals surface area contributed by atoms with Gasteiger partial charge >= 0.3 is 5.97 Å². The highest BCUT2D eigenvalue weighted by Crippen LogP contribution is 2.27. The van der Waals surface area contributed by atoms with Gasteiger partial charge in [0.2, 0.25) is 21.1 Å². The number of hydrogen-bond donors (Lipinski definition) is 1. The van der Waals surface area contributed by atoms with Crippen molar-refractivity contribution in [1.82, 2.24) is 14.5 Å². The lowest BCUT2D eigenvalue weighted by Gasteiger charge is -2.30. The number of carbonyl (C=O) groups excluding carboxylic acids is 2. The molecular weight excluding hydrogens is 472 g/mol. The Morgan fingerprint density at radius 1 is 1.22 bits per heavy atom. The van der Waals surface area contributed by atoms with Gasteiger partial charge in [-0.25, -0.2) is 12.7 Å². The van der Waals surface area contributed by atoms with Crippen LogP contribution in [0.3, 0.4) is 0 Å².